The van der Waals surface area contributed by atoms with Crippen LogP contribution in [-0.4, -0.2) is 93.6 Å². The van der Waals surface area contributed by atoms with E-state index in [1.807, 2.05) is 171 Å². The van der Waals surface area contributed by atoms with Crippen molar-refractivity contribution in [2.75, 3.05) is 13.1 Å². The third kappa shape index (κ3) is 18.2. The number of carbonyl (C=O) groups is 2. The fourth-order valence-electron chi connectivity index (χ4n) is 10.0. The molecule has 0 aliphatic rings. The zero-order chi connectivity index (χ0) is 57.9. The highest BCUT2D eigenvalue weighted by molar-refractivity contribution is 6.60. The maximum Gasteiger partial charge on any atom is 0.488 e. The van der Waals surface area contributed by atoms with Crippen LogP contribution in [0.15, 0.2) is 213 Å². The van der Waals surface area contributed by atoms with Crippen LogP contribution in [0.1, 0.15) is 46.0 Å². The number of benzene rings is 5. The number of pyridine rings is 4. The second-order valence-corrected chi connectivity index (χ2v) is 20.2. The van der Waals surface area contributed by atoms with Crippen molar-refractivity contribution in [2.24, 2.45) is 0 Å². The number of carbonyl (C=O) groups excluding carboxylic acids is 2. The molecule has 2 amide bonds. The summed E-state index contributed by atoms with van der Waals surface area (Å²) in [4.78, 5) is 26.8. The smallest absolute Gasteiger partial charge is 0.488 e. The topological polar surface area (TPSA) is 236 Å². The van der Waals surface area contributed by atoms with Gasteiger partial charge < -0.3 is 119 Å². The third-order valence-corrected chi connectivity index (χ3v) is 14.1. The molecule has 9 rings (SSSR count). The van der Waals surface area contributed by atoms with E-state index in [1.165, 1.54) is 0 Å². The Balaban J connectivity index is 0.00000337. The minimum absolute atomic E-state index is 0. The molecule has 0 atom stereocenters. The molecule has 0 unspecified atom stereocenters. The van der Waals surface area contributed by atoms with Gasteiger partial charge in [0.1, 0.15) is 0 Å². The summed E-state index contributed by atoms with van der Waals surface area (Å²) in [6.07, 6.45) is 16.0. The van der Waals surface area contributed by atoms with E-state index >= 15 is 0 Å². The summed E-state index contributed by atoms with van der Waals surface area (Å²) in [5.41, 5.74) is 10.8. The van der Waals surface area contributed by atoms with Crippen LogP contribution >= 0.6 is 0 Å². The van der Waals surface area contributed by atoms with Gasteiger partial charge in [0.15, 0.2) is 75.8 Å². The predicted molar refractivity (Wildman–Crippen MR) is 315 cm³/mol. The zero-order valence-electron chi connectivity index (χ0n) is 46.7. The number of aromatic nitrogens is 4. The summed E-state index contributed by atoms with van der Waals surface area (Å²) in [6.45, 7) is 7.02. The summed E-state index contributed by atoms with van der Waals surface area (Å²) in [7, 11) is -6.78. The second kappa shape index (κ2) is 32.8. The molecule has 0 spiro atoms. The zero-order valence-corrected chi connectivity index (χ0v) is 53.1. The predicted octanol–water partition coefficient (Wildman–Crippen LogP) is -11.8. The third-order valence-electron chi connectivity index (χ3n) is 14.1. The quantitative estimate of drug-likeness (QED) is 0.0133. The van der Waals surface area contributed by atoms with Crippen LogP contribution in [0, 0.1) is 0 Å². The van der Waals surface area contributed by atoms with Crippen molar-refractivity contribution in [3.05, 3.63) is 241 Å². The Kier molecular flexibility index (Phi) is 26.7. The molecule has 9 aromatic rings. The van der Waals surface area contributed by atoms with Crippen molar-refractivity contribution in [1.29, 1.82) is 0 Å². The molecule has 0 aliphatic carbocycles. The Labute approximate surface area is 543 Å². The van der Waals surface area contributed by atoms with E-state index in [1.54, 1.807) is 55.5 Å². The lowest BCUT2D eigenvalue weighted by molar-refractivity contribution is -0.689. The van der Waals surface area contributed by atoms with E-state index in [2.05, 4.69) is 17.2 Å². The van der Waals surface area contributed by atoms with Gasteiger partial charge in [-0.2, -0.15) is 9.13 Å². The summed E-state index contributed by atoms with van der Waals surface area (Å²) >= 11 is 0. The first kappa shape index (κ1) is 70.0. The highest BCUT2D eigenvalue weighted by Gasteiger charge is 2.25. The van der Waals surface area contributed by atoms with E-state index < -0.39 is 28.5 Å². The number of rotatable bonds is 22. The number of halogens is 4. The van der Waals surface area contributed by atoms with Gasteiger partial charge in [-0.3, -0.25) is 9.59 Å². The normalized spacial score (nSPS) is 10.5. The minimum Gasteiger partial charge on any atom is -1.00 e. The molecule has 0 saturated heterocycles. The molecule has 0 aliphatic heterocycles. The van der Waals surface area contributed by atoms with Gasteiger partial charge in [-0.25, -0.2) is 9.13 Å². The van der Waals surface area contributed by atoms with Gasteiger partial charge in [0.2, 0.25) is 5.91 Å². The van der Waals surface area contributed by atoms with E-state index in [4.69, 9.17) is 0 Å². The minimum atomic E-state index is -1.73. The van der Waals surface area contributed by atoms with Crippen molar-refractivity contribution < 1.29 is 136 Å². The lowest BCUT2D eigenvalue weighted by Crippen LogP contribution is -3.00. The second-order valence-electron chi connectivity index (χ2n) is 20.2. The summed E-state index contributed by atoms with van der Waals surface area (Å²) in [5, 5.41) is 88.4. The van der Waals surface area contributed by atoms with Gasteiger partial charge in [-0.05, 0) is 88.8 Å². The van der Waals surface area contributed by atoms with Gasteiger partial charge in [0.25, 0.3) is 5.91 Å². The van der Waals surface area contributed by atoms with E-state index in [0.29, 0.717) is 92.4 Å². The number of nitrogens with zero attached hydrogens (tertiary/aromatic N) is 4. The van der Waals surface area contributed by atoms with Crippen LogP contribution in [-0.2, 0) is 31.0 Å². The van der Waals surface area contributed by atoms with Gasteiger partial charge in [0.05, 0.1) is 22.3 Å². The number of nitrogens with one attached hydrogen (secondary N) is 2. The van der Waals surface area contributed by atoms with Gasteiger partial charge in [-0.1, -0.05) is 104 Å². The Morgan fingerprint density at radius 3 is 1.05 bits per heavy atom. The van der Waals surface area contributed by atoms with Crippen molar-refractivity contribution in [2.45, 2.75) is 39.5 Å². The monoisotopic (exact) mass is 1410 g/mol. The first-order valence-corrected chi connectivity index (χ1v) is 26.8. The fraction of sp³-hybridized carbons (Fsp3) is 0.129. The Morgan fingerprint density at radius 1 is 0.395 bits per heavy atom. The molecular weight excluding hydrogens is 1350 g/mol. The largest absolute Gasteiger partial charge is 1.00 e. The van der Waals surface area contributed by atoms with Crippen molar-refractivity contribution in [3.8, 4) is 44.5 Å². The molecular formula is C62H62B4Br4N6O10. The number of hydrogen-bond acceptors (Lipinski definition) is 10. The molecule has 4 aromatic heterocycles. The van der Waals surface area contributed by atoms with Gasteiger partial charge in [0, 0.05) is 69.7 Å². The standard InChI is InChI=1S/C62H60B4N6O10.4BrH/c1-43(2)61(73)67-24-13-25-68-62(74)52-29-50(55-31-53(39-71(41-55)37-48-16-5-9-22-59(48)65(79)80)44-18-11-26-69(33-44)35-46-14-3-7-20-57(46)63(75)76)28-51(30-52)56-32-54(40-72(42-56)38-49-17-6-10-23-60(49)66(81)82)45-19-12-27-70(34-45)36-47-15-4-8-21-58(47)64(77)78;;;;/h3-12,14-23,26-34,39-42,75-82H,1,13,24-25,35-38H2,2H3;4*1H/q+2;;;;/p-2. The lowest BCUT2D eigenvalue weighted by atomic mass is 9.77. The fourth-order valence-corrected chi connectivity index (χ4v) is 10.0. The SMILES string of the molecule is C=C(C)C(=O)NCCCNC(=O)c1cc(-c2cc(-c3ccc[n+](Cc4ccccc4B(O)O)c3)c[n+](Cc3ccccc3B(O)O)c2)cc(-c2cc(-c3ccc[n+](Cc4ccccc4B(O)O)c3)c[n+](Cc3ccccc3B(O)O)c2)c1.[Br-].[Br-].[Br-].[Br-]. The first-order valence-electron chi connectivity index (χ1n) is 26.8. The summed E-state index contributed by atoms with van der Waals surface area (Å²) in [6, 6.07) is 45.8. The summed E-state index contributed by atoms with van der Waals surface area (Å²) < 4.78 is 7.82. The average molecular weight is 1410 g/mol. The average Bonchev–Trinajstić information content (AvgIpc) is 3.55. The van der Waals surface area contributed by atoms with E-state index in [9.17, 15) is 49.8 Å². The van der Waals surface area contributed by atoms with Gasteiger partial charge >= 0.3 is 28.5 Å². The summed E-state index contributed by atoms with van der Waals surface area (Å²) in [5.74, 6) is -0.641. The molecule has 24 heteroatoms. The highest BCUT2D eigenvalue weighted by atomic mass is 79.9. The van der Waals surface area contributed by atoms with Crippen LogP contribution in [0.25, 0.3) is 44.5 Å². The molecule has 5 aromatic carbocycles. The molecule has 86 heavy (non-hydrogen) atoms. The molecule has 0 bridgehead atoms. The van der Waals surface area contributed by atoms with E-state index in [0.717, 1.165) is 33.4 Å². The van der Waals surface area contributed by atoms with Crippen LogP contribution in [0.2, 0.25) is 0 Å². The number of amides is 2. The Morgan fingerprint density at radius 2 is 0.698 bits per heavy atom. The Hall–Kier alpha value is -6.76. The lowest BCUT2D eigenvalue weighted by Gasteiger charge is -2.13. The maximum absolute atomic E-state index is 14.5. The van der Waals surface area contributed by atoms with Crippen molar-refractivity contribution >= 4 is 62.1 Å². The maximum atomic E-state index is 14.5. The van der Waals surface area contributed by atoms with Crippen molar-refractivity contribution in [3.63, 3.8) is 0 Å². The van der Waals surface area contributed by atoms with Crippen LogP contribution in [0.3, 0.4) is 0 Å². The highest BCUT2D eigenvalue weighted by Crippen LogP contribution is 2.32. The first-order chi connectivity index (χ1) is 39.6. The molecule has 0 fully saturated rings. The van der Waals surface area contributed by atoms with E-state index in [-0.39, 0.29) is 99.4 Å². The molecule has 10 N–H and O–H groups in total. The van der Waals surface area contributed by atoms with Gasteiger partial charge in [-0.15, -0.1) is 0 Å². The molecule has 4 heterocycles. The van der Waals surface area contributed by atoms with Crippen molar-refractivity contribution in [1.82, 2.24) is 10.6 Å². The Bertz CT molecular complexity index is 3600. The van der Waals surface area contributed by atoms with Crippen LogP contribution < -0.4 is 119 Å². The number of hydrogen-bond donors (Lipinski definition) is 10. The molecule has 16 nitrogen and oxygen atoms in total. The van der Waals surface area contributed by atoms with Crippen LogP contribution in [0.4, 0.5) is 0 Å². The molecule has 0 saturated carbocycles. The molecule has 440 valence electrons. The molecule has 0 radical (unpaired) electrons. The van der Waals surface area contributed by atoms with Crippen LogP contribution in [0.5, 0.6) is 0 Å².